The Kier molecular flexibility index (Phi) is 8.79. The minimum Gasteiger partial charge on any atom is -0.494 e. The normalized spacial score (nSPS) is 16.1. The van der Waals surface area contributed by atoms with Crippen molar-refractivity contribution in [2.45, 2.75) is 26.2 Å². The van der Waals surface area contributed by atoms with E-state index in [4.69, 9.17) is 23.7 Å². The lowest BCUT2D eigenvalue weighted by molar-refractivity contribution is 0.0762. The SMILES string of the molecule is CCOc1ccc2c(c1)NC(c1ccc(OCCOCCOc3ccc(C4Nc5ccc(OCC)cc5N4)nc3)cn1)N2. The highest BCUT2D eigenvalue weighted by molar-refractivity contribution is 5.77. The Labute approximate surface area is 250 Å². The molecule has 0 saturated carbocycles. The Hall–Kier alpha value is -4.90. The Bertz CT molecular complexity index is 1390. The fourth-order valence-corrected chi connectivity index (χ4v) is 4.87. The van der Waals surface area contributed by atoms with Crippen LogP contribution in [0.25, 0.3) is 0 Å². The number of nitrogens with zero attached hydrogens (tertiary/aromatic N) is 2. The van der Waals surface area contributed by atoms with E-state index in [-0.39, 0.29) is 12.3 Å². The Morgan fingerprint density at radius 3 is 1.37 bits per heavy atom. The van der Waals surface area contributed by atoms with Crippen LogP contribution in [0.1, 0.15) is 37.6 Å². The Balaban J connectivity index is 0.864. The van der Waals surface area contributed by atoms with Crippen LogP contribution < -0.4 is 40.2 Å². The lowest BCUT2D eigenvalue weighted by atomic mass is 10.2. The summed E-state index contributed by atoms with van der Waals surface area (Å²) in [5, 5.41) is 13.7. The molecule has 0 fully saturated rings. The number of anilines is 4. The van der Waals surface area contributed by atoms with E-state index in [1.165, 1.54) is 0 Å². The van der Waals surface area contributed by atoms with Crippen molar-refractivity contribution in [2.75, 3.05) is 60.9 Å². The molecule has 6 rings (SSSR count). The average molecular weight is 585 g/mol. The van der Waals surface area contributed by atoms with Crippen molar-refractivity contribution in [3.63, 3.8) is 0 Å². The molecule has 2 aromatic carbocycles. The van der Waals surface area contributed by atoms with E-state index in [2.05, 4.69) is 31.2 Å². The van der Waals surface area contributed by atoms with E-state index < -0.39 is 0 Å². The molecule has 2 unspecified atom stereocenters. The monoisotopic (exact) mass is 584 g/mol. The van der Waals surface area contributed by atoms with E-state index in [0.29, 0.717) is 51.1 Å². The third-order valence-electron chi connectivity index (χ3n) is 6.91. The van der Waals surface area contributed by atoms with Crippen molar-refractivity contribution >= 4 is 22.7 Å². The maximum atomic E-state index is 5.78. The topological polar surface area (TPSA) is 120 Å². The number of aromatic nitrogens is 2. The molecule has 11 heteroatoms. The molecule has 0 radical (unpaired) electrons. The van der Waals surface area contributed by atoms with Crippen molar-refractivity contribution in [3.8, 4) is 23.0 Å². The maximum absolute atomic E-state index is 5.78. The van der Waals surface area contributed by atoms with Gasteiger partial charge in [0.05, 0.1) is 73.0 Å². The summed E-state index contributed by atoms with van der Waals surface area (Å²) < 4.78 is 28.4. The van der Waals surface area contributed by atoms with Gasteiger partial charge in [0.2, 0.25) is 0 Å². The zero-order valence-corrected chi connectivity index (χ0v) is 24.3. The summed E-state index contributed by atoms with van der Waals surface area (Å²) in [5.41, 5.74) is 5.77. The molecule has 11 nitrogen and oxygen atoms in total. The molecule has 0 saturated heterocycles. The van der Waals surface area contributed by atoms with Gasteiger partial charge in [-0.25, -0.2) is 0 Å². The van der Waals surface area contributed by atoms with Gasteiger partial charge in [0.15, 0.2) is 0 Å². The molecular weight excluding hydrogens is 548 g/mol. The summed E-state index contributed by atoms with van der Waals surface area (Å²) in [6.07, 6.45) is 3.22. The van der Waals surface area contributed by atoms with Crippen molar-refractivity contribution in [1.82, 2.24) is 9.97 Å². The number of pyridine rings is 2. The summed E-state index contributed by atoms with van der Waals surface area (Å²) in [7, 11) is 0. The number of nitrogens with one attached hydrogen (secondary N) is 4. The number of benzene rings is 2. The molecule has 2 aromatic heterocycles. The fraction of sp³-hybridized carbons (Fsp3) is 0.312. The summed E-state index contributed by atoms with van der Waals surface area (Å²) in [6, 6.07) is 19.6. The minimum absolute atomic E-state index is 0.113. The first-order valence-corrected chi connectivity index (χ1v) is 14.5. The first kappa shape index (κ1) is 28.2. The average Bonchev–Trinajstić information content (AvgIpc) is 3.66. The molecule has 4 aromatic rings. The number of fused-ring (bicyclic) bond motifs is 2. The quantitative estimate of drug-likeness (QED) is 0.134. The maximum Gasteiger partial charge on any atom is 0.141 e. The molecule has 2 atom stereocenters. The minimum atomic E-state index is -0.113. The Morgan fingerprint density at radius 2 is 0.953 bits per heavy atom. The van der Waals surface area contributed by atoms with Crippen LogP contribution in [-0.2, 0) is 4.74 Å². The highest BCUT2D eigenvalue weighted by Gasteiger charge is 2.23. The predicted molar refractivity (Wildman–Crippen MR) is 165 cm³/mol. The van der Waals surface area contributed by atoms with E-state index >= 15 is 0 Å². The molecule has 0 aliphatic carbocycles. The molecule has 2 aliphatic heterocycles. The van der Waals surface area contributed by atoms with Crippen molar-refractivity contribution in [2.24, 2.45) is 0 Å². The third kappa shape index (κ3) is 6.95. The highest BCUT2D eigenvalue weighted by Crippen LogP contribution is 2.38. The number of rotatable bonds is 14. The standard InChI is InChI=1S/C32H36N6O5/c1-3-40-21-5-9-25-29(17-21)37-31(35-25)27-11-7-23(19-33-27)42-15-13-39-14-16-43-24-8-12-28(34-20-24)32-36-26-10-6-22(41-4-2)18-30(26)38-32/h5-12,17-20,31-32,35-38H,3-4,13-16H2,1-2H3. The molecule has 4 N–H and O–H groups in total. The van der Waals surface area contributed by atoms with E-state index in [0.717, 1.165) is 45.6 Å². The summed E-state index contributed by atoms with van der Waals surface area (Å²) in [4.78, 5) is 9.11. The van der Waals surface area contributed by atoms with Crippen LogP contribution in [0.5, 0.6) is 23.0 Å². The first-order valence-electron chi connectivity index (χ1n) is 14.5. The molecule has 224 valence electrons. The summed E-state index contributed by atoms with van der Waals surface area (Å²) >= 11 is 0. The van der Waals surface area contributed by atoms with Crippen LogP contribution >= 0.6 is 0 Å². The number of hydrogen-bond donors (Lipinski definition) is 4. The van der Waals surface area contributed by atoms with Crippen LogP contribution in [0, 0.1) is 0 Å². The molecule has 2 aliphatic rings. The second kappa shape index (κ2) is 13.4. The molecule has 4 heterocycles. The largest absolute Gasteiger partial charge is 0.494 e. The van der Waals surface area contributed by atoms with Gasteiger partial charge in [-0.15, -0.1) is 0 Å². The molecule has 0 spiro atoms. The lowest BCUT2D eigenvalue weighted by Crippen LogP contribution is -2.15. The van der Waals surface area contributed by atoms with E-state index in [1.54, 1.807) is 12.4 Å². The van der Waals surface area contributed by atoms with Crippen molar-refractivity contribution in [3.05, 3.63) is 84.4 Å². The van der Waals surface area contributed by atoms with Gasteiger partial charge in [-0.1, -0.05) is 0 Å². The highest BCUT2D eigenvalue weighted by atomic mass is 16.5. The molecule has 43 heavy (non-hydrogen) atoms. The van der Waals surface area contributed by atoms with Crippen molar-refractivity contribution < 1.29 is 23.7 Å². The van der Waals surface area contributed by atoms with Gasteiger partial charge in [-0.05, 0) is 62.4 Å². The molecular formula is C32H36N6O5. The van der Waals surface area contributed by atoms with E-state index in [1.807, 2.05) is 74.5 Å². The van der Waals surface area contributed by atoms with E-state index in [9.17, 15) is 0 Å². The lowest BCUT2D eigenvalue weighted by Gasteiger charge is -2.13. The van der Waals surface area contributed by atoms with Crippen LogP contribution in [0.4, 0.5) is 22.7 Å². The van der Waals surface area contributed by atoms with Crippen LogP contribution in [0.2, 0.25) is 0 Å². The predicted octanol–water partition coefficient (Wildman–Crippen LogP) is 5.82. The van der Waals surface area contributed by atoms with Crippen LogP contribution in [0.15, 0.2) is 73.1 Å². The van der Waals surface area contributed by atoms with Gasteiger partial charge in [0, 0.05) is 12.1 Å². The van der Waals surface area contributed by atoms with Crippen molar-refractivity contribution in [1.29, 1.82) is 0 Å². The van der Waals surface area contributed by atoms with Gasteiger partial charge in [-0.2, -0.15) is 0 Å². The first-order chi connectivity index (χ1) is 21.2. The zero-order valence-electron chi connectivity index (χ0n) is 24.3. The second-order valence-corrected chi connectivity index (χ2v) is 9.87. The van der Waals surface area contributed by atoms with Gasteiger partial charge in [0.1, 0.15) is 48.5 Å². The fourth-order valence-electron chi connectivity index (χ4n) is 4.87. The second-order valence-electron chi connectivity index (χ2n) is 9.87. The Morgan fingerprint density at radius 1 is 0.512 bits per heavy atom. The molecule has 0 bridgehead atoms. The number of hydrogen-bond acceptors (Lipinski definition) is 11. The molecule has 0 amide bonds. The number of ether oxygens (including phenoxy) is 5. The smallest absolute Gasteiger partial charge is 0.141 e. The summed E-state index contributed by atoms with van der Waals surface area (Å²) in [6.45, 7) is 6.92. The van der Waals surface area contributed by atoms with Crippen LogP contribution in [0.3, 0.4) is 0 Å². The third-order valence-corrected chi connectivity index (χ3v) is 6.91. The van der Waals surface area contributed by atoms with Gasteiger partial charge in [0.25, 0.3) is 0 Å². The van der Waals surface area contributed by atoms with Crippen LogP contribution in [-0.4, -0.2) is 49.6 Å². The van der Waals surface area contributed by atoms with Gasteiger partial charge < -0.3 is 45.0 Å². The summed E-state index contributed by atoms with van der Waals surface area (Å²) in [5.74, 6) is 3.06. The zero-order chi connectivity index (χ0) is 29.4. The van der Waals surface area contributed by atoms with Gasteiger partial charge >= 0.3 is 0 Å². The van der Waals surface area contributed by atoms with Gasteiger partial charge in [-0.3, -0.25) is 9.97 Å².